The maximum absolute atomic E-state index is 8.55. The maximum atomic E-state index is 8.55. The van der Waals surface area contributed by atoms with E-state index in [1.54, 1.807) is 55.5 Å². The van der Waals surface area contributed by atoms with E-state index in [-0.39, 0.29) is 0 Å². The zero-order valence-corrected chi connectivity index (χ0v) is 46.7. The van der Waals surface area contributed by atoms with Gasteiger partial charge in [-0.25, -0.2) is 0 Å². The summed E-state index contributed by atoms with van der Waals surface area (Å²) >= 11 is 0. The molecular formula is C48H111N3O4P4. The van der Waals surface area contributed by atoms with Gasteiger partial charge in [0.05, 0.1) is 73.9 Å². The first-order valence-corrected chi connectivity index (χ1v) is 34.1. The molecule has 0 amide bonds. The molecule has 0 rings (SSSR count). The van der Waals surface area contributed by atoms with Crippen LogP contribution >= 0.6 is 29.6 Å². The highest BCUT2D eigenvalue weighted by Crippen LogP contribution is 2.62. The first kappa shape index (κ1) is 66.9. The van der Waals surface area contributed by atoms with E-state index in [4.69, 9.17) is 19.2 Å². The largest absolute Gasteiger partial charge is 0.822 e. The van der Waals surface area contributed by atoms with Crippen molar-refractivity contribution in [3.8, 4) is 0 Å². The average molecular weight is 918 g/mol. The van der Waals surface area contributed by atoms with Crippen LogP contribution in [0.4, 0.5) is 0 Å². The lowest BCUT2D eigenvalue weighted by molar-refractivity contribution is -0.432. The highest BCUT2D eigenvalue weighted by atomic mass is 31.2. The van der Waals surface area contributed by atoms with Crippen LogP contribution < -0.4 is 14.7 Å². The molecule has 0 aromatic heterocycles. The molecule has 0 unspecified atom stereocenters. The molecule has 7 nitrogen and oxygen atoms in total. The lowest BCUT2D eigenvalue weighted by Gasteiger charge is -2.36. The number of rotatable bonds is 36. The van der Waals surface area contributed by atoms with Crippen LogP contribution in [0, 0.1) is 0 Å². The van der Waals surface area contributed by atoms with E-state index < -0.39 is 29.6 Å². The predicted molar refractivity (Wildman–Crippen MR) is 277 cm³/mol. The quantitative estimate of drug-likeness (QED) is 0.0578. The van der Waals surface area contributed by atoms with Gasteiger partial charge in [0.15, 0.2) is 0 Å². The molecule has 0 saturated carbocycles. The highest BCUT2D eigenvalue weighted by Gasteiger charge is 2.37. The summed E-state index contributed by atoms with van der Waals surface area (Å²) in [6.45, 7) is 25.1. The molecule has 0 heterocycles. The average Bonchev–Trinajstić information content (AvgIpc) is 3.19. The monoisotopic (exact) mass is 918 g/mol. The number of hydrogen-bond donors (Lipinski definition) is 0. The predicted octanol–water partition coefficient (Wildman–Crippen LogP) is 12.1. The SMILES string of the molecule is CCCC[P+](CCCC)(CCCC)CCN(C)C.CCCC[P+](CCCC)(CCCC)CCN(C)C.CCCC[P+](CCCC)(CCCC)CCN(C)C.O=P([O-])([O-])[O-]. The van der Waals surface area contributed by atoms with Gasteiger partial charge in [-0.15, -0.1) is 0 Å². The molecule has 0 N–H and O–H groups in total. The summed E-state index contributed by atoms with van der Waals surface area (Å²) in [7, 11) is 6.07. The smallest absolute Gasteiger partial charge is 0.0721 e. The summed E-state index contributed by atoms with van der Waals surface area (Å²) in [4.78, 5) is 32.8. The summed E-state index contributed by atoms with van der Waals surface area (Å²) in [6, 6.07) is 0. The van der Waals surface area contributed by atoms with Crippen LogP contribution in [-0.2, 0) is 4.57 Å². The molecule has 11 heteroatoms. The van der Waals surface area contributed by atoms with E-state index in [0.29, 0.717) is 0 Å². The van der Waals surface area contributed by atoms with E-state index in [9.17, 15) is 0 Å². The van der Waals surface area contributed by atoms with E-state index in [1.807, 2.05) is 0 Å². The molecule has 0 aromatic carbocycles. The molecule has 0 aliphatic carbocycles. The fraction of sp³-hybridized carbons (Fsp3) is 1.00. The molecular weight excluding hydrogens is 806 g/mol. The van der Waals surface area contributed by atoms with Crippen LogP contribution in [0.15, 0.2) is 0 Å². The van der Waals surface area contributed by atoms with Crippen molar-refractivity contribution in [2.24, 2.45) is 0 Å². The van der Waals surface area contributed by atoms with Crippen molar-refractivity contribution in [2.45, 2.75) is 178 Å². The van der Waals surface area contributed by atoms with Crippen LogP contribution in [0.5, 0.6) is 0 Å². The van der Waals surface area contributed by atoms with Gasteiger partial charge in [-0.05, 0) is 100 Å². The lowest BCUT2D eigenvalue weighted by Crippen LogP contribution is -2.24. The molecule has 0 atom stereocenters. The Hall–Kier alpha value is 1.28. The minimum atomic E-state index is -5.39. The molecule has 0 aliphatic heterocycles. The van der Waals surface area contributed by atoms with E-state index in [0.717, 1.165) is 0 Å². The van der Waals surface area contributed by atoms with Crippen molar-refractivity contribution in [1.29, 1.82) is 0 Å². The Kier molecular flexibility index (Phi) is 50.4. The van der Waals surface area contributed by atoms with E-state index in [2.05, 4.69) is 119 Å². The van der Waals surface area contributed by atoms with Gasteiger partial charge in [0, 0.05) is 41.4 Å². The Morgan fingerprint density at radius 2 is 0.424 bits per heavy atom. The normalized spacial score (nSPS) is 12.3. The lowest BCUT2D eigenvalue weighted by atomic mass is 10.4. The van der Waals surface area contributed by atoms with Gasteiger partial charge in [0.2, 0.25) is 0 Å². The van der Waals surface area contributed by atoms with Crippen molar-refractivity contribution in [1.82, 2.24) is 14.7 Å². The third kappa shape index (κ3) is 47.1. The maximum Gasteiger partial charge on any atom is 0.0721 e. The van der Waals surface area contributed by atoms with E-state index >= 15 is 0 Å². The second kappa shape index (κ2) is 44.5. The van der Waals surface area contributed by atoms with Crippen LogP contribution in [0.25, 0.3) is 0 Å². The molecule has 59 heavy (non-hydrogen) atoms. The Balaban J connectivity index is -0.000000362. The van der Waals surface area contributed by atoms with Crippen LogP contribution in [0.2, 0.25) is 0 Å². The number of unbranched alkanes of at least 4 members (excludes halogenated alkanes) is 9. The first-order valence-electron chi connectivity index (χ1n) is 25.0. The zero-order valence-electron chi connectivity index (χ0n) is 43.1. The number of phosphoric acid groups is 1. The van der Waals surface area contributed by atoms with Gasteiger partial charge in [-0.2, -0.15) is 7.82 Å². The summed E-state index contributed by atoms with van der Waals surface area (Å²) in [5.74, 6) is 0. The molecule has 0 bridgehead atoms. The minimum absolute atomic E-state index is 0.641. The first-order chi connectivity index (χ1) is 27.8. The van der Waals surface area contributed by atoms with Crippen LogP contribution in [0.3, 0.4) is 0 Å². The topological polar surface area (TPSA) is 96.0 Å². The number of nitrogens with zero attached hydrogens (tertiary/aromatic N) is 3. The molecule has 362 valence electrons. The summed E-state index contributed by atoms with van der Waals surface area (Å²) in [5, 5.41) is 0. The standard InChI is InChI=1S/3C16H37NP.H3O4P/c3*1-6-9-13-18(14-10-7-2,15-11-8-3)16-12-17(4)5;1-5(2,3)4/h3*6-16H2,1-5H3;(H3,1,2,3,4)/q3*+1;/p-3. The van der Waals surface area contributed by atoms with Crippen LogP contribution in [-0.4, -0.2) is 151 Å². The van der Waals surface area contributed by atoms with Crippen molar-refractivity contribution in [3.05, 3.63) is 0 Å². The van der Waals surface area contributed by atoms with Crippen molar-refractivity contribution in [2.75, 3.05) is 136 Å². The molecule has 0 spiro atoms. The van der Waals surface area contributed by atoms with Gasteiger partial charge in [0.25, 0.3) is 0 Å². The fourth-order valence-corrected chi connectivity index (χ4v) is 23.1. The van der Waals surface area contributed by atoms with Gasteiger partial charge in [0.1, 0.15) is 0 Å². The second-order valence-corrected chi connectivity index (χ2v) is 33.1. The van der Waals surface area contributed by atoms with Gasteiger partial charge >= 0.3 is 0 Å². The van der Waals surface area contributed by atoms with Gasteiger partial charge in [-0.1, -0.05) is 120 Å². The minimum Gasteiger partial charge on any atom is -0.822 e. The van der Waals surface area contributed by atoms with E-state index in [1.165, 1.54) is 154 Å². The second-order valence-electron chi connectivity index (χ2n) is 18.7. The third-order valence-electron chi connectivity index (χ3n) is 11.9. The fourth-order valence-electron chi connectivity index (χ4n) is 7.69. The Bertz CT molecular complexity index is 724. The molecule has 0 saturated heterocycles. The van der Waals surface area contributed by atoms with Crippen molar-refractivity contribution < 1.29 is 19.2 Å². The summed E-state index contributed by atoms with van der Waals surface area (Å²) in [6.07, 6.45) is 44.2. The highest BCUT2D eigenvalue weighted by molar-refractivity contribution is 7.76. The Morgan fingerprint density at radius 1 is 0.305 bits per heavy atom. The van der Waals surface area contributed by atoms with Crippen molar-refractivity contribution >= 4 is 29.6 Å². The molecule has 0 fully saturated rings. The summed E-state index contributed by atoms with van der Waals surface area (Å²) < 4.78 is 8.55. The van der Waals surface area contributed by atoms with Gasteiger partial charge in [-0.3, -0.25) is 0 Å². The van der Waals surface area contributed by atoms with Crippen molar-refractivity contribution in [3.63, 3.8) is 0 Å². The zero-order chi connectivity index (χ0) is 46.1. The van der Waals surface area contributed by atoms with Gasteiger partial charge < -0.3 is 33.9 Å². The molecule has 0 aromatic rings. The third-order valence-corrected chi connectivity index (χ3v) is 26.8. The Morgan fingerprint density at radius 3 is 0.508 bits per heavy atom. The summed E-state index contributed by atoms with van der Waals surface area (Å²) in [5.41, 5.74) is 0. The number of hydrogen-bond acceptors (Lipinski definition) is 7. The van der Waals surface area contributed by atoms with Crippen LogP contribution in [0.1, 0.15) is 178 Å². The molecule has 0 aliphatic rings. The Labute approximate surface area is 375 Å². The molecule has 0 radical (unpaired) electrons.